The van der Waals surface area contributed by atoms with Gasteiger partial charge in [-0.25, -0.2) is 9.78 Å². The molecule has 0 radical (unpaired) electrons. The highest BCUT2D eigenvalue weighted by molar-refractivity contribution is 9.10. The summed E-state index contributed by atoms with van der Waals surface area (Å²) in [7, 11) is 0. The van der Waals surface area contributed by atoms with E-state index >= 15 is 0 Å². The number of anilines is 1. The Balaban J connectivity index is 1.62. The topological polar surface area (TPSA) is 81.9 Å². The number of hydrogen-bond donors (Lipinski definition) is 1. The minimum Gasteiger partial charge on any atom is -0.465 e. The van der Waals surface area contributed by atoms with Crippen LogP contribution in [0.4, 0.5) is 19.0 Å². The monoisotopic (exact) mass is 561 g/mol. The Morgan fingerprint density at radius 1 is 1.08 bits per heavy atom. The van der Waals surface area contributed by atoms with Gasteiger partial charge in [-0.1, -0.05) is 12.1 Å². The molecule has 0 aliphatic carbocycles. The molecule has 36 heavy (non-hydrogen) atoms. The van der Waals surface area contributed by atoms with Crippen molar-refractivity contribution in [1.82, 2.24) is 9.38 Å². The number of esters is 2. The zero-order valence-corrected chi connectivity index (χ0v) is 20.4. The number of rotatable bonds is 7. The zero-order valence-electron chi connectivity index (χ0n) is 18.8. The van der Waals surface area contributed by atoms with E-state index in [1.807, 2.05) is 6.07 Å². The van der Waals surface area contributed by atoms with E-state index in [0.717, 1.165) is 28.7 Å². The van der Waals surface area contributed by atoms with Gasteiger partial charge < -0.3 is 14.8 Å². The predicted octanol–water partition coefficient (Wildman–Crippen LogP) is 5.98. The molecular formula is C25H19BrF3N3O4. The van der Waals surface area contributed by atoms with E-state index in [9.17, 15) is 22.8 Å². The number of aromatic nitrogens is 2. The maximum absolute atomic E-state index is 12.8. The molecule has 0 bridgehead atoms. The number of pyridine rings is 1. The highest BCUT2D eigenvalue weighted by Gasteiger charge is 2.30. The second kappa shape index (κ2) is 10.4. The summed E-state index contributed by atoms with van der Waals surface area (Å²) in [5.74, 6) is -0.550. The van der Waals surface area contributed by atoms with Crippen molar-refractivity contribution >= 4 is 39.3 Å². The van der Waals surface area contributed by atoms with Crippen LogP contribution in [0.3, 0.4) is 0 Å². The molecule has 4 rings (SSSR count). The Morgan fingerprint density at radius 3 is 2.53 bits per heavy atom. The summed E-state index contributed by atoms with van der Waals surface area (Å²) in [6.07, 6.45) is -2.72. The second-order valence-electron chi connectivity index (χ2n) is 7.54. The first kappa shape index (κ1) is 25.2. The number of hydrogen-bond acceptors (Lipinski definition) is 6. The molecule has 0 atom stereocenters. The van der Waals surface area contributed by atoms with Gasteiger partial charge in [0.2, 0.25) is 0 Å². The average molecular weight is 562 g/mol. The van der Waals surface area contributed by atoms with Gasteiger partial charge in [-0.3, -0.25) is 9.20 Å². The van der Waals surface area contributed by atoms with Gasteiger partial charge in [-0.2, -0.15) is 13.2 Å². The summed E-state index contributed by atoms with van der Waals surface area (Å²) in [5.41, 5.74) is 0.792. The third kappa shape index (κ3) is 5.68. The van der Waals surface area contributed by atoms with Crippen LogP contribution >= 0.6 is 15.9 Å². The quantitative estimate of drug-likeness (QED) is 0.221. The van der Waals surface area contributed by atoms with Crippen LogP contribution in [0.15, 0.2) is 71.3 Å². The minimum absolute atomic E-state index is 0.0252. The van der Waals surface area contributed by atoms with Gasteiger partial charge in [0.15, 0.2) is 0 Å². The van der Waals surface area contributed by atoms with Crippen LogP contribution in [-0.4, -0.2) is 34.5 Å². The maximum atomic E-state index is 12.8. The lowest BCUT2D eigenvalue weighted by molar-refractivity contribution is -0.141. The van der Waals surface area contributed by atoms with Crippen LogP contribution in [0.5, 0.6) is 5.75 Å². The molecule has 0 amide bonds. The van der Waals surface area contributed by atoms with E-state index in [0.29, 0.717) is 22.7 Å². The van der Waals surface area contributed by atoms with Gasteiger partial charge in [-0.05, 0) is 71.4 Å². The lowest BCUT2D eigenvalue weighted by Gasteiger charge is -2.10. The molecule has 0 aliphatic rings. The van der Waals surface area contributed by atoms with E-state index in [4.69, 9.17) is 9.47 Å². The van der Waals surface area contributed by atoms with Gasteiger partial charge in [0.25, 0.3) is 0 Å². The van der Waals surface area contributed by atoms with Crippen molar-refractivity contribution in [2.45, 2.75) is 13.1 Å². The van der Waals surface area contributed by atoms with E-state index in [1.165, 1.54) is 0 Å². The molecule has 2 aromatic carbocycles. The van der Waals surface area contributed by atoms with Crippen LogP contribution in [0.2, 0.25) is 0 Å². The summed E-state index contributed by atoms with van der Waals surface area (Å²) in [4.78, 5) is 29.1. The number of carbonyl (C=O) groups excluding carboxylic acids is 2. The molecule has 186 valence electrons. The van der Waals surface area contributed by atoms with E-state index in [-0.39, 0.29) is 24.5 Å². The molecular weight excluding hydrogens is 543 g/mol. The Bertz CT molecular complexity index is 1420. The summed E-state index contributed by atoms with van der Waals surface area (Å²) < 4.78 is 51.3. The first-order valence-electron chi connectivity index (χ1n) is 10.7. The van der Waals surface area contributed by atoms with Gasteiger partial charge in [0, 0.05) is 16.2 Å². The first-order valence-corrected chi connectivity index (χ1v) is 11.5. The number of carbonyl (C=O) groups is 2. The number of fused-ring (bicyclic) bond motifs is 1. The van der Waals surface area contributed by atoms with Crippen molar-refractivity contribution in [3.8, 4) is 17.0 Å². The van der Waals surface area contributed by atoms with Crippen molar-refractivity contribution < 1.29 is 32.2 Å². The lowest BCUT2D eigenvalue weighted by atomic mass is 10.1. The molecule has 1 N–H and O–H groups in total. The third-order valence-corrected chi connectivity index (χ3v) is 5.52. The Kier molecular flexibility index (Phi) is 7.30. The largest absolute Gasteiger partial charge is 0.465 e. The van der Waals surface area contributed by atoms with Gasteiger partial charge in [0.05, 0.1) is 17.7 Å². The molecule has 0 saturated carbocycles. The fraction of sp³-hybridized carbons (Fsp3) is 0.160. The highest BCUT2D eigenvalue weighted by atomic mass is 79.9. The standard InChI is InChI=1S/C25H19BrF3N3O4/c1-2-35-21(33)13-30-23-22(31-20-11-10-18(26)14-32(20)23)16-4-3-5-19(12-16)36-24(34)15-6-8-17(9-7-15)25(27,28)29/h3-12,14,30H,2,13H2,1H3. The van der Waals surface area contributed by atoms with E-state index < -0.39 is 23.7 Å². The Hall–Kier alpha value is -3.86. The first-order chi connectivity index (χ1) is 17.2. The molecule has 4 aromatic rings. The molecule has 0 spiro atoms. The SMILES string of the molecule is CCOC(=O)CNc1c(-c2cccc(OC(=O)c3ccc(C(F)(F)F)cc3)c2)nc2ccc(Br)cn12. The van der Waals surface area contributed by atoms with Crippen molar-refractivity contribution in [3.63, 3.8) is 0 Å². The molecule has 0 saturated heterocycles. The predicted molar refractivity (Wildman–Crippen MR) is 130 cm³/mol. The Labute approximate surface area is 212 Å². The number of alkyl halides is 3. The van der Waals surface area contributed by atoms with Gasteiger partial charge >= 0.3 is 18.1 Å². The van der Waals surface area contributed by atoms with Gasteiger partial charge in [-0.15, -0.1) is 0 Å². The molecule has 0 fully saturated rings. The van der Waals surface area contributed by atoms with Gasteiger partial charge in [0.1, 0.15) is 29.5 Å². The van der Waals surface area contributed by atoms with Crippen LogP contribution in [0.1, 0.15) is 22.8 Å². The molecule has 7 nitrogen and oxygen atoms in total. The minimum atomic E-state index is -4.50. The molecule has 0 unspecified atom stereocenters. The van der Waals surface area contributed by atoms with E-state index in [1.54, 1.807) is 47.9 Å². The molecule has 0 aliphatic heterocycles. The van der Waals surface area contributed by atoms with Crippen molar-refractivity contribution in [2.24, 2.45) is 0 Å². The Morgan fingerprint density at radius 2 is 1.83 bits per heavy atom. The van der Waals surface area contributed by atoms with Crippen LogP contribution in [0.25, 0.3) is 16.9 Å². The van der Waals surface area contributed by atoms with Crippen LogP contribution < -0.4 is 10.1 Å². The summed E-state index contributed by atoms with van der Waals surface area (Å²) in [6.45, 7) is 1.87. The average Bonchev–Trinajstić information content (AvgIpc) is 3.20. The zero-order chi connectivity index (χ0) is 25.9. The number of halogens is 4. The maximum Gasteiger partial charge on any atom is 0.416 e. The third-order valence-electron chi connectivity index (χ3n) is 5.05. The number of benzene rings is 2. The molecule has 2 aromatic heterocycles. The van der Waals surface area contributed by atoms with Crippen molar-refractivity contribution in [1.29, 1.82) is 0 Å². The summed E-state index contributed by atoms with van der Waals surface area (Å²) in [6, 6.07) is 13.9. The summed E-state index contributed by atoms with van der Waals surface area (Å²) in [5, 5.41) is 3.06. The second-order valence-corrected chi connectivity index (χ2v) is 8.45. The molecule has 11 heteroatoms. The number of nitrogens with zero attached hydrogens (tertiary/aromatic N) is 2. The molecule has 2 heterocycles. The van der Waals surface area contributed by atoms with Crippen molar-refractivity contribution in [3.05, 3.63) is 82.5 Å². The summed E-state index contributed by atoms with van der Waals surface area (Å²) >= 11 is 3.43. The van der Waals surface area contributed by atoms with Crippen LogP contribution in [0, 0.1) is 0 Å². The number of imidazole rings is 1. The highest BCUT2D eigenvalue weighted by Crippen LogP contribution is 2.32. The number of ether oxygens (including phenoxy) is 2. The van der Waals surface area contributed by atoms with E-state index in [2.05, 4.69) is 26.2 Å². The van der Waals surface area contributed by atoms with Crippen molar-refractivity contribution in [2.75, 3.05) is 18.5 Å². The normalized spacial score (nSPS) is 11.4. The lowest BCUT2D eigenvalue weighted by Crippen LogP contribution is -2.17. The number of nitrogens with one attached hydrogen (secondary N) is 1. The van der Waals surface area contributed by atoms with Crippen LogP contribution in [-0.2, 0) is 15.7 Å². The smallest absolute Gasteiger partial charge is 0.416 e. The fourth-order valence-corrected chi connectivity index (χ4v) is 3.76. The fourth-order valence-electron chi connectivity index (χ4n) is 3.42.